The molecule has 1 nitrogen and oxygen atoms in total. The molecule has 0 aromatic rings. The van der Waals surface area contributed by atoms with Gasteiger partial charge in [-0.25, -0.2) is 0 Å². The number of Topliss-reactive ketones (excluding diaryl/α,β-unsaturated/α-hetero) is 1. The van der Waals surface area contributed by atoms with E-state index in [4.69, 9.17) is 0 Å². The molecule has 0 aromatic heterocycles. The molecule has 0 unspecified atom stereocenters. The highest BCUT2D eigenvalue weighted by atomic mass is 16.1. The van der Waals surface area contributed by atoms with E-state index >= 15 is 0 Å². The van der Waals surface area contributed by atoms with Gasteiger partial charge in [0, 0.05) is 12.3 Å². The molecule has 0 saturated carbocycles. The van der Waals surface area contributed by atoms with Crippen LogP contribution in [0.15, 0.2) is 0 Å². The molecule has 0 heterocycles. The van der Waals surface area contributed by atoms with Gasteiger partial charge in [-0.05, 0) is 25.2 Å². The van der Waals surface area contributed by atoms with Crippen LogP contribution in [0.2, 0.25) is 0 Å². The third-order valence-corrected chi connectivity index (χ3v) is 2.65. The summed E-state index contributed by atoms with van der Waals surface area (Å²) in [6.07, 6.45) is 5.08. The van der Waals surface area contributed by atoms with E-state index in [9.17, 15) is 4.79 Å². The maximum Gasteiger partial charge on any atom is 0.135 e. The maximum atomic E-state index is 11.6. The highest BCUT2D eigenvalue weighted by Crippen LogP contribution is 2.14. The van der Waals surface area contributed by atoms with E-state index in [1.807, 2.05) is 0 Å². The van der Waals surface area contributed by atoms with Gasteiger partial charge in [0.2, 0.25) is 0 Å². The normalized spacial score (nSPS) is 11.2. The molecule has 0 N–H and O–H groups in total. The van der Waals surface area contributed by atoms with Gasteiger partial charge in [0.25, 0.3) is 0 Å². The molecule has 78 valence electrons. The minimum absolute atomic E-state index is 0.326. The topological polar surface area (TPSA) is 17.1 Å². The summed E-state index contributed by atoms with van der Waals surface area (Å²) < 4.78 is 0. The molecule has 0 aliphatic carbocycles. The second-order valence-electron chi connectivity index (χ2n) is 4.27. The Morgan fingerprint density at radius 1 is 1.15 bits per heavy atom. The predicted molar refractivity (Wildman–Crippen MR) is 57.8 cm³/mol. The molecule has 0 saturated heterocycles. The van der Waals surface area contributed by atoms with Crippen LogP contribution in [-0.4, -0.2) is 5.78 Å². The van der Waals surface area contributed by atoms with Gasteiger partial charge in [-0.3, -0.25) is 4.79 Å². The molecule has 1 heteroatoms. The van der Waals surface area contributed by atoms with Crippen molar-refractivity contribution >= 4 is 5.78 Å². The van der Waals surface area contributed by atoms with Crippen LogP contribution in [0.3, 0.4) is 0 Å². The fourth-order valence-corrected chi connectivity index (χ4v) is 1.63. The summed E-state index contributed by atoms with van der Waals surface area (Å²) in [6.45, 7) is 8.63. The first-order chi connectivity index (χ1) is 6.11. The van der Waals surface area contributed by atoms with Gasteiger partial charge in [-0.2, -0.15) is 0 Å². The lowest BCUT2D eigenvalue weighted by molar-refractivity contribution is -0.123. The summed E-state index contributed by atoms with van der Waals surface area (Å²) in [5.74, 6) is 1.53. The van der Waals surface area contributed by atoms with Gasteiger partial charge in [0.15, 0.2) is 0 Å². The molecule has 0 fully saturated rings. The Balaban J connectivity index is 3.60. The van der Waals surface area contributed by atoms with Crippen molar-refractivity contribution in [2.24, 2.45) is 11.8 Å². The quantitative estimate of drug-likeness (QED) is 0.588. The summed E-state index contributed by atoms with van der Waals surface area (Å²) in [7, 11) is 0. The maximum absolute atomic E-state index is 11.6. The number of carbonyl (C=O) groups is 1. The molecule has 0 bridgehead atoms. The zero-order chi connectivity index (χ0) is 10.3. The Labute approximate surface area is 82.9 Å². The first-order valence-electron chi connectivity index (χ1n) is 5.64. The highest BCUT2D eigenvalue weighted by molar-refractivity contribution is 5.80. The van der Waals surface area contributed by atoms with Gasteiger partial charge in [-0.15, -0.1) is 0 Å². The summed E-state index contributed by atoms with van der Waals surface area (Å²) in [4.78, 5) is 11.6. The van der Waals surface area contributed by atoms with Gasteiger partial charge in [-0.1, -0.05) is 34.1 Å². The lowest BCUT2D eigenvalue weighted by atomic mass is 9.93. The van der Waals surface area contributed by atoms with Crippen LogP contribution in [0.25, 0.3) is 0 Å². The third kappa shape index (κ3) is 5.84. The van der Waals surface area contributed by atoms with Crippen molar-refractivity contribution < 1.29 is 4.79 Å². The number of rotatable bonds is 7. The van der Waals surface area contributed by atoms with Gasteiger partial charge in [0.1, 0.15) is 5.78 Å². The van der Waals surface area contributed by atoms with Crippen molar-refractivity contribution in [2.75, 3.05) is 0 Å². The zero-order valence-electron chi connectivity index (χ0n) is 9.60. The standard InChI is InChI=1S/C12H24O/c1-5-11(6-2)12(13)9-7-8-10(3)4/h10-11H,5-9H2,1-4H3. The van der Waals surface area contributed by atoms with Crippen LogP contribution in [-0.2, 0) is 4.79 Å². The average molecular weight is 184 g/mol. The largest absolute Gasteiger partial charge is 0.299 e. The minimum atomic E-state index is 0.326. The number of carbonyl (C=O) groups excluding carboxylic acids is 1. The molecule has 13 heavy (non-hydrogen) atoms. The summed E-state index contributed by atoms with van der Waals surface area (Å²) in [5, 5.41) is 0. The molecular formula is C12H24O. The van der Waals surface area contributed by atoms with Gasteiger partial charge in [0.05, 0.1) is 0 Å². The molecule has 0 aromatic carbocycles. The number of hydrogen-bond donors (Lipinski definition) is 0. The van der Waals surface area contributed by atoms with Crippen molar-refractivity contribution in [1.82, 2.24) is 0 Å². The molecule has 0 amide bonds. The van der Waals surface area contributed by atoms with E-state index < -0.39 is 0 Å². The van der Waals surface area contributed by atoms with E-state index in [0.717, 1.165) is 31.6 Å². The second kappa shape index (κ2) is 7.11. The molecule has 0 radical (unpaired) electrons. The van der Waals surface area contributed by atoms with Crippen LogP contribution in [0.1, 0.15) is 59.8 Å². The monoisotopic (exact) mass is 184 g/mol. The number of ketones is 1. The third-order valence-electron chi connectivity index (χ3n) is 2.65. The van der Waals surface area contributed by atoms with Crippen molar-refractivity contribution in [3.05, 3.63) is 0 Å². The number of hydrogen-bond acceptors (Lipinski definition) is 1. The van der Waals surface area contributed by atoms with Crippen molar-refractivity contribution in [3.8, 4) is 0 Å². The van der Waals surface area contributed by atoms with E-state index in [1.54, 1.807) is 0 Å². The Morgan fingerprint density at radius 3 is 2.08 bits per heavy atom. The summed E-state index contributed by atoms with van der Waals surface area (Å²) in [6, 6.07) is 0. The fourth-order valence-electron chi connectivity index (χ4n) is 1.63. The van der Waals surface area contributed by atoms with Crippen LogP contribution < -0.4 is 0 Å². The summed E-state index contributed by atoms with van der Waals surface area (Å²) in [5.41, 5.74) is 0. The van der Waals surface area contributed by atoms with Crippen molar-refractivity contribution in [2.45, 2.75) is 59.8 Å². The van der Waals surface area contributed by atoms with Crippen molar-refractivity contribution in [3.63, 3.8) is 0 Å². The first kappa shape index (κ1) is 12.7. The van der Waals surface area contributed by atoms with Crippen LogP contribution in [0.4, 0.5) is 0 Å². The first-order valence-corrected chi connectivity index (χ1v) is 5.64. The molecule has 0 atom stereocenters. The van der Waals surface area contributed by atoms with E-state index in [-0.39, 0.29) is 0 Å². The zero-order valence-corrected chi connectivity index (χ0v) is 9.60. The van der Waals surface area contributed by atoms with Crippen molar-refractivity contribution in [1.29, 1.82) is 0 Å². The van der Waals surface area contributed by atoms with Crippen LogP contribution >= 0.6 is 0 Å². The lowest BCUT2D eigenvalue weighted by Gasteiger charge is -2.11. The van der Waals surface area contributed by atoms with Crippen LogP contribution in [0.5, 0.6) is 0 Å². The van der Waals surface area contributed by atoms with Gasteiger partial charge < -0.3 is 0 Å². The Hall–Kier alpha value is -0.330. The highest BCUT2D eigenvalue weighted by Gasteiger charge is 2.13. The molecule has 0 rings (SSSR count). The molecule has 0 aliphatic rings. The molecule has 0 spiro atoms. The lowest BCUT2D eigenvalue weighted by Crippen LogP contribution is -2.12. The van der Waals surface area contributed by atoms with Gasteiger partial charge >= 0.3 is 0 Å². The SMILES string of the molecule is CCC(CC)C(=O)CCCC(C)C. The smallest absolute Gasteiger partial charge is 0.135 e. The predicted octanol–water partition coefficient (Wildman–Crippen LogP) is 3.82. The minimum Gasteiger partial charge on any atom is -0.299 e. The van der Waals surface area contributed by atoms with E-state index in [2.05, 4.69) is 27.7 Å². The average Bonchev–Trinajstić information content (AvgIpc) is 2.05. The molecular weight excluding hydrogens is 160 g/mol. The Bertz CT molecular complexity index is 134. The Kier molecular flexibility index (Phi) is 6.93. The second-order valence-corrected chi connectivity index (χ2v) is 4.27. The van der Waals surface area contributed by atoms with Crippen LogP contribution in [0, 0.1) is 11.8 Å². The van der Waals surface area contributed by atoms with E-state index in [0.29, 0.717) is 11.7 Å². The molecule has 0 aliphatic heterocycles. The fraction of sp³-hybridized carbons (Fsp3) is 0.917. The van der Waals surface area contributed by atoms with E-state index in [1.165, 1.54) is 6.42 Å². The Morgan fingerprint density at radius 2 is 1.69 bits per heavy atom. The summed E-state index contributed by atoms with van der Waals surface area (Å²) >= 11 is 0.